The van der Waals surface area contributed by atoms with E-state index < -0.39 is 12.6 Å². The summed E-state index contributed by atoms with van der Waals surface area (Å²) in [5.41, 5.74) is 1.71. The van der Waals surface area contributed by atoms with Crippen molar-refractivity contribution in [2.45, 2.75) is 51.4 Å². The molecule has 7 nitrogen and oxygen atoms in total. The van der Waals surface area contributed by atoms with Gasteiger partial charge in [0.1, 0.15) is 12.8 Å². The normalized spacial score (nSPS) is 27.7. The topological polar surface area (TPSA) is 87.7 Å². The third-order valence-corrected chi connectivity index (χ3v) is 6.88. The maximum absolute atomic E-state index is 13.0. The molecule has 2 aliphatic heterocycles. The third-order valence-electron chi connectivity index (χ3n) is 6.88. The summed E-state index contributed by atoms with van der Waals surface area (Å²) in [6, 6.07) is 8.02. The van der Waals surface area contributed by atoms with Gasteiger partial charge in [0, 0.05) is 48.1 Å². The number of carbonyl (C=O) groups excluding carboxylic acids is 1. The van der Waals surface area contributed by atoms with Gasteiger partial charge >= 0.3 is 5.97 Å². The number of aliphatic hydroxyl groups excluding tert-OH is 1. The Morgan fingerprint density at radius 3 is 2.81 bits per heavy atom. The molecule has 2 aromatic rings. The number of nitrogens with zero attached hydrogens (tertiary/aromatic N) is 3. The lowest BCUT2D eigenvalue weighted by Gasteiger charge is -2.55. The zero-order valence-corrected chi connectivity index (χ0v) is 19.2. The molecule has 4 unspecified atom stereocenters. The van der Waals surface area contributed by atoms with Crippen LogP contribution in [0.2, 0.25) is 0 Å². The molecule has 0 amide bonds. The average molecular weight is 446 g/mol. The lowest BCUT2D eigenvalue weighted by Crippen LogP contribution is -2.67. The Morgan fingerprint density at radius 2 is 2.12 bits per heavy atom. The van der Waals surface area contributed by atoms with Gasteiger partial charge in [-0.25, -0.2) is 9.18 Å². The van der Waals surface area contributed by atoms with Crippen molar-refractivity contribution in [3.05, 3.63) is 35.5 Å². The Kier molecular flexibility index (Phi) is 7.55. The first kappa shape index (κ1) is 24.2. The molecule has 4 atom stereocenters. The highest BCUT2D eigenvalue weighted by Crippen LogP contribution is 2.57. The molecule has 32 heavy (non-hydrogen) atoms. The Bertz CT molecular complexity index is 1000. The van der Waals surface area contributed by atoms with Crippen molar-refractivity contribution in [2.24, 2.45) is 5.41 Å². The number of fused-ring (bicyclic) bond motifs is 1. The maximum Gasteiger partial charge on any atom is 0.340 e. The van der Waals surface area contributed by atoms with Crippen LogP contribution in [0.15, 0.2) is 24.4 Å². The number of aromatic nitrogens is 1. The molecule has 5 rings (SSSR count). The van der Waals surface area contributed by atoms with E-state index in [2.05, 4.69) is 18.0 Å². The van der Waals surface area contributed by atoms with E-state index >= 15 is 0 Å². The molecule has 1 saturated carbocycles. The standard InChI is InChI=1S/C21H22FN3O3.C2H6.CH4O/c1-24-18-7-14(8-21(18)12-27-11-19(21)24)28-20(26)16-10-25(5-4-22)17-3-2-13(9-23)6-15(16)17;2*1-2/h2-3,6,10,14,18-19H,4-5,7-8,11-12H2,1H3;1-2H3;2H,1H3. The number of esters is 1. The number of carbonyl (C=O) groups is 1. The van der Waals surface area contributed by atoms with E-state index in [9.17, 15) is 14.4 Å². The first-order valence-electron chi connectivity index (χ1n) is 11.1. The molecule has 1 N–H and O–H groups in total. The number of halogens is 1. The summed E-state index contributed by atoms with van der Waals surface area (Å²) in [5, 5.41) is 16.8. The number of alkyl halides is 1. The van der Waals surface area contributed by atoms with Crippen molar-refractivity contribution in [1.29, 1.82) is 5.26 Å². The van der Waals surface area contributed by atoms with Gasteiger partial charge in [-0.2, -0.15) is 5.26 Å². The maximum atomic E-state index is 13.0. The van der Waals surface area contributed by atoms with E-state index in [-0.39, 0.29) is 18.1 Å². The largest absolute Gasteiger partial charge is 0.459 e. The fourth-order valence-corrected chi connectivity index (χ4v) is 5.60. The number of likely N-dealkylation sites (N-methyl/N-ethyl adjacent to an activating group) is 1. The molecule has 1 aromatic heterocycles. The van der Waals surface area contributed by atoms with Crippen molar-refractivity contribution < 1.29 is 23.8 Å². The minimum atomic E-state index is -0.529. The van der Waals surface area contributed by atoms with Crippen molar-refractivity contribution >= 4 is 16.9 Å². The van der Waals surface area contributed by atoms with Crippen LogP contribution in [-0.4, -0.2) is 72.8 Å². The molecule has 174 valence electrons. The minimum absolute atomic E-state index is 0.121. The van der Waals surface area contributed by atoms with Gasteiger partial charge in [0.2, 0.25) is 0 Å². The highest BCUT2D eigenvalue weighted by atomic mass is 19.1. The summed E-state index contributed by atoms with van der Waals surface area (Å²) < 4.78 is 26.2. The van der Waals surface area contributed by atoms with Crippen molar-refractivity contribution in [3.8, 4) is 6.07 Å². The number of rotatable bonds is 4. The second-order valence-corrected chi connectivity index (χ2v) is 8.18. The van der Waals surface area contributed by atoms with E-state index in [4.69, 9.17) is 14.6 Å². The third kappa shape index (κ3) is 3.79. The van der Waals surface area contributed by atoms with Crippen LogP contribution in [0.5, 0.6) is 0 Å². The smallest absolute Gasteiger partial charge is 0.340 e. The fourth-order valence-electron chi connectivity index (χ4n) is 5.60. The summed E-state index contributed by atoms with van der Waals surface area (Å²) >= 11 is 0. The second-order valence-electron chi connectivity index (χ2n) is 8.18. The fraction of sp³-hybridized carbons (Fsp3) is 0.583. The summed E-state index contributed by atoms with van der Waals surface area (Å²) in [6.45, 7) is 5.12. The Labute approximate surface area is 188 Å². The molecular formula is C24H32FN3O4. The first-order chi connectivity index (χ1) is 15.6. The highest BCUT2D eigenvalue weighted by Gasteiger charge is 2.66. The van der Waals surface area contributed by atoms with Crippen molar-refractivity contribution in [2.75, 3.05) is 34.0 Å². The van der Waals surface area contributed by atoms with Crippen LogP contribution in [0.3, 0.4) is 0 Å². The zero-order chi connectivity index (χ0) is 23.5. The average Bonchev–Trinajstić information content (AvgIpc) is 3.49. The van der Waals surface area contributed by atoms with Crippen LogP contribution in [0.25, 0.3) is 10.9 Å². The first-order valence-corrected chi connectivity index (χ1v) is 11.1. The number of benzene rings is 1. The zero-order valence-electron chi connectivity index (χ0n) is 19.2. The molecule has 0 bridgehead atoms. The van der Waals surface area contributed by atoms with Crippen LogP contribution in [-0.2, 0) is 16.0 Å². The monoisotopic (exact) mass is 445 g/mol. The van der Waals surface area contributed by atoms with Gasteiger partial charge in [0.15, 0.2) is 0 Å². The molecular weight excluding hydrogens is 413 g/mol. The number of likely N-dealkylation sites (tertiary alicyclic amines) is 1. The van der Waals surface area contributed by atoms with Crippen molar-refractivity contribution in [3.63, 3.8) is 0 Å². The summed E-state index contributed by atoms with van der Waals surface area (Å²) in [4.78, 5) is 15.3. The number of hydrogen-bond donors (Lipinski definition) is 1. The predicted octanol–water partition coefficient (Wildman–Crippen LogP) is 3.14. The van der Waals surface area contributed by atoms with Gasteiger partial charge in [0.25, 0.3) is 0 Å². The van der Waals surface area contributed by atoms with Gasteiger partial charge in [-0.3, -0.25) is 4.90 Å². The van der Waals surface area contributed by atoms with E-state index in [0.29, 0.717) is 28.6 Å². The van der Waals surface area contributed by atoms with Gasteiger partial charge in [-0.05, 0) is 31.7 Å². The summed E-state index contributed by atoms with van der Waals surface area (Å²) in [5.74, 6) is -0.404. The van der Waals surface area contributed by atoms with E-state index in [0.717, 1.165) is 38.7 Å². The lowest BCUT2D eigenvalue weighted by molar-refractivity contribution is -0.0683. The SMILES string of the molecule is CC.CN1C2COCC23CC(OC(=O)c2cn(CCF)c4ccc(C#N)cc24)CC13.CO. The Hall–Kier alpha value is -2.47. The lowest BCUT2D eigenvalue weighted by atomic mass is 9.69. The van der Waals surface area contributed by atoms with Crippen molar-refractivity contribution in [1.82, 2.24) is 9.47 Å². The van der Waals surface area contributed by atoms with E-state index in [1.54, 1.807) is 29.0 Å². The van der Waals surface area contributed by atoms with Crippen LogP contribution < -0.4 is 0 Å². The molecule has 3 heterocycles. The molecule has 1 spiro atoms. The van der Waals surface area contributed by atoms with Gasteiger partial charge in [-0.1, -0.05) is 13.8 Å². The molecule has 1 aliphatic carbocycles. The van der Waals surface area contributed by atoms with Crippen LogP contribution in [0.1, 0.15) is 42.6 Å². The molecule has 3 aliphatic rings. The Morgan fingerprint density at radius 1 is 1.38 bits per heavy atom. The molecule has 8 heteroatoms. The molecule has 0 radical (unpaired) electrons. The number of hydrogen-bond acceptors (Lipinski definition) is 6. The molecule has 3 fully saturated rings. The summed E-state index contributed by atoms with van der Waals surface area (Å²) in [6.07, 6.45) is 3.13. The number of nitriles is 1. The van der Waals surface area contributed by atoms with Gasteiger partial charge in [-0.15, -0.1) is 0 Å². The summed E-state index contributed by atoms with van der Waals surface area (Å²) in [7, 11) is 3.11. The number of ether oxygens (including phenoxy) is 2. The van der Waals surface area contributed by atoms with Gasteiger partial charge in [0.05, 0.1) is 37.0 Å². The molecule has 1 aromatic carbocycles. The number of aliphatic hydroxyl groups is 1. The van der Waals surface area contributed by atoms with Crippen LogP contribution in [0, 0.1) is 16.7 Å². The minimum Gasteiger partial charge on any atom is -0.459 e. The quantitative estimate of drug-likeness (QED) is 0.728. The number of aryl methyl sites for hydroxylation is 1. The predicted molar refractivity (Wildman–Crippen MR) is 119 cm³/mol. The molecule has 2 saturated heterocycles. The van der Waals surface area contributed by atoms with Gasteiger partial charge < -0.3 is 19.1 Å². The highest BCUT2D eigenvalue weighted by molar-refractivity contribution is 6.04. The van der Waals surface area contributed by atoms with Crippen LogP contribution >= 0.6 is 0 Å². The van der Waals surface area contributed by atoms with E-state index in [1.165, 1.54) is 0 Å². The Balaban J connectivity index is 0.000000686. The van der Waals surface area contributed by atoms with E-state index in [1.807, 2.05) is 13.8 Å². The second kappa shape index (κ2) is 9.99. The van der Waals surface area contributed by atoms with Crippen LogP contribution in [0.4, 0.5) is 4.39 Å².